The van der Waals surface area contributed by atoms with Crippen molar-refractivity contribution in [3.63, 3.8) is 0 Å². The lowest BCUT2D eigenvalue weighted by Gasteiger charge is -2.34. The van der Waals surface area contributed by atoms with E-state index in [1.807, 2.05) is 6.07 Å². The van der Waals surface area contributed by atoms with Crippen molar-refractivity contribution in [3.8, 4) is 0 Å². The lowest BCUT2D eigenvalue weighted by molar-refractivity contribution is 0.0947. The number of hydrogen-bond acceptors (Lipinski definition) is 5. The van der Waals surface area contributed by atoms with Gasteiger partial charge in [-0.1, -0.05) is 56.3 Å². The van der Waals surface area contributed by atoms with Crippen molar-refractivity contribution in [3.05, 3.63) is 59.9 Å². The Labute approximate surface area is 173 Å². The second-order valence-electron chi connectivity index (χ2n) is 7.78. The average Bonchev–Trinajstić information content (AvgIpc) is 2.75. The number of piperazine rings is 1. The molecule has 1 saturated heterocycles. The van der Waals surface area contributed by atoms with Crippen LogP contribution in [0.2, 0.25) is 0 Å². The molecule has 1 amide bonds. The maximum Gasteiger partial charge on any atom is 0.270 e. The van der Waals surface area contributed by atoms with Crippen molar-refractivity contribution in [2.45, 2.75) is 20.3 Å². The van der Waals surface area contributed by atoms with Gasteiger partial charge in [-0.2, -0.15) is 0 Å². The molecule has 6 heteroatoms. The van der Waals surface area contributed by atoms with E-state index in [9.17, 15) is 4.79 Å². The molecule has 1 aromatic heterocycles. The van der Waals surface area contributed by atoms with Crippen LogP contribution >= 0.6 is 0 Å². The lowest BCUT2D eigenvalue weighted by Crippen LogP contribution is -2.47. The van der Waals surface area contributed by atoms with E-state index in [1.54, 1.807) is 12.3 Å². The van der Waals surface area contributed by atoms with Crippen LogP contribution < -0.4 is 10.2 Å². The van der Waals surface area contributed by atoms with E-state index < -0.39 is 0 Å². The van der Waals surface area contributed by atoms with Gasteiger partial charge in [-0.15, -0.1) is 0 Å². The summed E-state index contributed by atoms with van der Waals surface area (Å²) in [5, 5.41) is 2.94. The first-order valence-electron chi connectivity index (χ1n) is 10.4. The van der Waals surface area contributed by atoms with Gasteiger partial charge >= 0.3 is 0 Å². The van der Waals surface area contributed by atoms with Crippen LogP contribution in [0.4, 0.5) is 5.95 Å². The van der Waals surface area contributed by atoms with Gasteiger partial charge in [0.05, 0.1) is 0 Å². The number of anilines is 1. The fourth-order valence-corrected chi connectivity index (χ4v) is 3.22. The minimum Gasteiger partial charge on any atom is -0.351 e. The standard InChI is InChI=1S/C23H31N5O/c1-19(2)10-12-24-22(29)21-11-13-25-23(26-21)28-17-15-27(16-18-28)14-6-9-20-7-4-3-5-8-20/h3-9,11,13,19H,10,12,14-18H2,1-2H3,(H,24,29)/b9-6+. The summed E-state index contributed by atoms with van der Waals surface area (Å²) in [4.78, 5) is 25.8. The summed E-state index contributed by atoms with van der Waals surface area (Å²) in [6, 6.07) is 12.0. The number of carbonyl (C=O) groups is 1. The molecular formula is C23H31N5O. The summed E-state index contributed by atoms with van der Waals surface area (Å²) >= 11 is 0. The Balaban J connectivity index is 1.48. The number of rotatable bonds is 8. The van der Waals surface area contributed by atoms with Crippen LogP contribution in [0, 0.1) is 5.92 Å². The molecule has 1 N–H and O–H groups in total. The Hall–Kier alpha value is -2.73. The van der Waals surface area contributed by atoms with Crippen LogP contribution in [0.1, 0.15) is 36.3 Å². The fourth-order valence-electron chi connectivity index (χ4n) is 3.22. The van der Waals surface area contributed by atoms with Crippen molar-refractivity contribution in [2.24, 2.45) is 5.92 Å². The van der Waals surface area contributed by atoms with E-state index >= 15 is 0 Å². The first-order chi connectivity index (χ1) is 14.1. The van der Waals surface area contributed by atoms with E-state index in [0.29, 0.717) is 24.1 Å². The van der Waals surface area contributed by atoms with Crippen molar-refractivity contribution >= 4 is 17.9 Å². The van der Waals surface area contributed by atoms with Crippen LogP contribution in [0.3, 0.4) is 0 Å². The second-order valence-corrected chi connectivity index (χ2v) is 7.78. The molecule has 0 aliphatic carbocycles. The molecule has 1 aliphatic rings. The predicted molar refractivity (Wildman–Crippen MR) is 118 cm³/mol. The quantitative estimate of drug-likeness (QED) is 0.747. The molecule has 0 unspecified atom stereocenters. The van der Waals surface area contributed by atoms with Gasteiger partial charge in [0.15, 0.2) is 0 Å². The fraction of sp³-hybridized carbons (Fsp3) is 0.435. The number of benzene rings is 1. The molecule has 0 atom stereocenters. The van der Waals surface area contributed by atoms with Gasteiger partial charge in [0, 0.05) is 45.5 Å². The number of nitrogens with one attached hydrogen (secondary N) is 1. The van der Waals surface area contributed by atoms with Crippen molar-refractivity contribution < 1.29 is 4.79 Å². The highest BCUT2D eigenvalue weighted by Gasteiger charge is 2.19. The highest BCUT2D eigenvalue weighted by atomic mass is 16.1. The normalized spacial score (nSPS) is 15.2. The molecule has 1 aliphatic heterocycles. The highest BCUT2D eigenvalue weighted by Crippen LogP contribution is 2.12. The Morgan fingerprint density at radius 3 is 2.62 bits per heavy atom. The van der Waals surface area contributed by atoms with Gasteiger partial charge in [-0.3, -0.25) is 9.69 Å². The monoisotopic (exact) mass is 393 g/mol. The number of amides is 1. The van der Waals surface area contributed by atoms with E-state index in [-0.39, 0.29) is 5.91 Å². The number of hydrogen-bond donors (Lipinski definition) is 1. The SMILES string of the molecule is CC(C)CCNC(=O)c1ccnc(N2CCN(C/C=C/c3ccccc3)CC2)n1. The van der Waals surface area contributed by atoms with Gasteiger partial charge in [0.2, 0.25) is 5.95 Å². The van der Waals surface area contributed by atoms with Crippen LogP contribution in [0.25, 0.3) is 6.08 Å². The number of nitrogens with zero attached hydrogens (tertiary/aromatic N) is 4. The summed E-state index contributed by atoms with van der Waals surface area (Å²) in [6.45, 7) is 9.51. The average molecular weight is 394 g/mol. The summed E-state index contributed by atoms with van der Waals surface area (Å²) in [5.41, 5.74) is 1.66. The Morgan fingerprint density at radius 2 is 1.90 bits per heavy atom. The zero-order chi connectivity index (χ0) is 20.5. The maximum atomic E-state index is 12.3. The predicted octanol–water partition coefficient (Wildman–Crippen LogP) is 3.09. The van der Waals surface area contributed by atoms with Gasteiger partial charge in [-0.05, 0) is 24.0 Å². The molecule has 154 valence electrons. The first kappa shape index (κ1) is 21.0. The molecule has 6 nitrogen and oxygen atoms in total. The summed E-state index contributed by atoms with van der Waals surface area (Å²) in [6.07, 6.45) is 7.01. The summed E-state index contributed by atoms with van der Waals surface area (Å²) in [7, 11) is 0. The van der Waals surface area contributed by atoms with Crippen LogP contribution in [0.5, 0.6) is 0 Å². The van der Waals surface area contributed by atoms with Crippen molar-refractivity contribution in [1.29, 1.82) is 0 Å². The number of carbonyl (C=O) groups excluding carboxylic acids is 1. The van der Waals surface area contributed by atoms with Crippen LogP contribution in [-0.4, -0.2) is 60.0 Å². The third kappa shape index (κ3) is 6.68. The minimum absolute atomic E-state index is 0.126. The van der Waals surface area contributed by atoms with E-state index in [2.05, 4.69) is 75.3 Å². The molecule has 0 bridgehead atoms. The zero-order valence-electron chi connectivity index (χ0n) is 17.4. The highest BCUT2D eigenvalue weighted by molar-refractivity contribution is 5.92. The molecule has 2 aromatic rings. The smallest absolute Gasteiger partial charge is 0.270 e. The summed E-state index contributed by atoms with van der Waals surface area (Å²) < 4.78 is 0. The van der Waals surface area contributed by atoms with E-state index in [1.165, 1.54) is 5.56 Å². The molecule has 29 heavy (non-hydrogen) atoms. The third-order valence-corrected chi connectivity index (χ3v) is 5.01. The van der Waals surface area contributed by atoms with Gasteiger partial charge in [-0.25, -0.2) is 9.97 Å². The lowest BCUT2D eigenvalue weighted by atomic mass is 10.1. The number of aromatic nitrogens is 2. The van der Waals surface area contributed by atoms with Gasteiger partial charge < -0.3 is 10.2 Å². The Morgan fingerprint density at radius 1 is 1.14 bits per heavy atom. The van der Waals surface area contributed by atoms with Gasteiger partial charge in [0.25, 0.3) is 5.91 Å². The summed E-state index contributed by atoms with van der Waals surface area (Å²) in [5.74, 6) is 1.08. The molecule has 1 aromatic carbocycles. The minimum atomic E-state index is -0.126. The molecule has 1 fully saturated rings. The largest absolute Gasteiger partial charge is 0.351 e. The zero-order valence-corrected chi connectivity index (χ0v) is 17.4. The van der Waals surface area contributed by atoms with Gasteiger partial charge in [0.1, 0.15) is 5.69 Å². The van der Waals surface area contributed by atoms with E-state index in [0.717, 1.165) is 39.1 Å². The van der Waals surface area contributed by atoms with Crippen LogP contribution in [0.15, 0.2) is 48.7 Å². The molecule has 0 radical (unpaired) electrons. The topological polar surface area (TPSA) is 61.4 Å². The Kier molecular flexibility index (Phi) is 7.76. The molecule has 0 spiro atoms. The Bertz CT molecular complexity index is 798. The first-order valence-corrected chi connectivity index (χ1v) is 10.4. The van der Waals surface area contributed by atoms with Crippen LogP contribution in [-0.2, 0) is 0 Å². The molecule has 3 rings (SSSR count). The van der Waals surface area contributed by atoms with Crippen molar-refractivity contribution in [1.82, 2.24) is 20.2 Å². The van der Waals surface area contributed by atoms with E-state index in [4.69, 9.17) is 0 Å². The molecular weight excluding hydrogens is 362 g/mol. The van der Waals surface area contributed by atoms with Crippen molar-refractivity contribution in [2.75, 3.05) is 44.2 Å². The second kappa shape index (κ2) is 10.7. The molecule has 0 saturated carbocycles. The molecule has 2 heterocycles. The maximum absolute atomic E-state index is 12.3. The third-order valence-electron chi connectivity index (χ3n) is 5.01.